The predicted octanol–water partition coefficient (Wildman–Crippen LogP) is 2.69. The molecule has 0 fully saturated rings. The normalized spacial score (nSPS) is 15.0. The Morgan fingerprint density at radius 2 is 1.97 bits per heavy atom. The van der Waals surface area contributed by atoms with Crippen LogP contribution in [-0.4, -0.2) is 52.4 Å². The standard InChI is InChI=1S/C24H30N4O4/c1-17-7-6-13-26-24(17)25-12-5-4-10-21(29)27-16-22(30)28-14-11-18-8-2-3-9-19(18)20(28)15-23(31)32/h2-3,6-9,13,20H,4-5,10-12,14-16H2,1H3,(H,25,26)(H,27,29)(H,31,32). The second-order valence-corrected chi connectivity index (χ2v) is 7.98. The largest absolute Gasteiger partial charge is 0.481 e. The number of carboxylic acid groups (broad SMARTS) is 1. The average molecular weight is 439 g/mol. The number of nitrogens with one attached hydrogen (secondary N) is 2. The van der Waals surface area contributed by atoms with Gasteiger partial charge in [-0.25, -0.2) is 4.98 Å². The van der Waals surface area contributed by atoms with Crippen molar-refractivity contribution in [1.82, 2.24) is 15.2 Å². The fourth-order valence-electron chi connectivity index (χ4n) is 3.99. The minimum atomic E-state index is -0.956. The molecule has 0 saturated carbocycles. The molecule has 3 rings (SSSR count). The van der Waals surface area contributed by atoms with E-state index in [1.54, 1.807) is 11.1 Å². The van der Waals surface area contributed by atoms with E-state index in [0.29, 0.717) is 32.4 Å². The second kappa shape index (κ2) is 11.3. The van der Waals surface area contributed by atoms with Gasteiger partial charge in [0.2, 0.25) is 11.8 Å². The van der Waals surface area contributed by atoms with Crippen molar-refractivity contribution in [1.29, 1.82) is 0 Å². The quantitative estimate of drug-likeness (QED) is 0.492. The van der Waals surface area contributed by atoms with Crippen LogP contribution in [0.5, 0.6) is 0 Å². The average Bonchev–Trinajstić information content (AvgIpc) is 2.78. The molecule has 2 heterocycles. The van der Waals surface area contributed by atoms with E-state index < -0.39 is 12.0 Å². The third-order valence-corrected chi connectivity index (χ3v) is 5.67. The summed E-state index contributed by atoms with van der Waals surface area (Å²) in [6, 6.07) is 11.0. The molecule has 8 nitrogen and oxygen atoms in total. The Hall–Kier alpha value is -3.42. The summed E-state index contributed by atoms with van der Waals surface area (Å²) in [5.41, 5.74) is 3.02. The number of carbonyl (C=O) groups excluding carboxylic acids is 2. The van der Waals surface area contributed by atoms with Crippen molar-refractivity contribution < 1.29 is 19.5 Å². The summed E-state index contributed by atoms with van der Waals surface area (Å²) in [5.74, 6) is -0.546. The molecule has 1 unspecified atom stereocenters. The van der Waals surface area contributed by atoms with Crippen molar-refractivity contribution in [3.8, 4) is 0 Å². The van der Waals surface area contributed by atoms with Crippen molar-refractivity contribution in [2.75, 3.05) is 25.0 Å². The van der Waals surface area contributed by atoms with Gasteiger partial charge in [0.15, 0.2) is 0 Å². The molecule has 3 N–H and O–H groups in total. The third-order valence-electron chi connectivity index (χ3n) is 5.67. The number of anilines is 1. The minimum Gasteiger partial charge on any atom is -0.481 e. The molecule has 1 aromatic heterocycles. The zero-order valence-corrected chi connectivity index (χ0v) is 18.3. The van der Waals surface area contributed by atoms with E-state index >= 15 is 0 Å². The van der Waals surface area contributed by atoms with Crippen molar-refractivity contribution in [2.24, 2.45) is 0 Å². The molecule has 32 heavy (non-hydrogen) atoms. The van der Waals surface area contributed by atoms with E-state index in [0.717, 1.165) is 28.9 Å². The molecule has 1 atom stereocenters. The van der Waals surface area contributed by atoms with E-state index in [9.17, 15) is 19.5 Å². The maximum absolute atomic E-state index is 12.8. The first-order chi connectivity index (χ1) is 15.5. The number of aryl methyl sites for hydroxylation is 1. The van der Waals surface area contributed by atoms with Gasteiger partial charge in [0.05, 0.1) is 19.0 Å². The van der Waals surface area contributed by atoms with E-state index in [2.05, 4.69) is 15.6 Å². The van der Waals surface area contributed by atoms with E-state index in [1.807, 2.05) is 43.3 Å². The predicted molar refractivity (Wildman–Crippen MR) is 121 cm³/mol. The molecule has 2 aromatic rings. The molecule has 1 aromatic carbocycles. The van der Waals surface area contributed by atoms with Crippen LogP contribution in [0.2, 0.25) is 0 Å². The lowest BCUT2D eigenvalue weighted by molar-refractivity contribution is -0.141. The molecule has 0 saturated heterocycles. The molecule has 170 valence electrons. The molecule has 8 heteroatoms. The number of amides is 2. The summed E-state index contributed by atoms with van der Waals surface area (Å²) >= 11 is 0. The molecule has 1 aliphatic heterocycles. The second-order valence-electron chi connectivity index (χ2n) is 7.98. The van der Waals surface area contributed by atoms with Gasteiger partial charge in [0, 0.05) is 25.7 Å². The maximum Gasteiger partial charge on any atom is 0.305 e. The van der Waals surface area contributed by atoms with Crippen molar-refractivity contribution in [2.45, 2.75) is 45.1 Å². The van der Waals surface area contributed by atoms with Gasteiger partial charge in [-0.15, -0.1) is 0 Å². The minimum absolute atomic E-state index is 0.123. The van der Waals surface area contributed by atoms with E-state index in [4.69, 9.17) is 0 Å². The summed E-state index contributed by atoms with van der Waals surface area (Å²) < 4.78 is 0. The van der Waals surface area contributed by atoms with Crippen LogP contribution in [0, 0.1) is 6.92 Å². The van der Waals surface area contributed by atoms with Crippen LogP contribution in [0.15, 0.2) is 42.6 Å². The van der Waals surface area contributed by atoms with Crippen LogP contribution < -0.4 is 10.6 Å². The van der Waals surface area contributed by atoms with E-state index in [-0.39, 0.29) is 24.8 Å². The lowest BCUT2D eigenvalue weighted by Gasteiger charge is -2.36. The molecule has 0 radical (unpaired) electrons. The van der Waals surface area contributed by atoms with Crippen LogP contribution in [0.3, 0.4) is 0 Å². The van der Waals surface area contributed by atoms with Crippen LogP contribution in [0.4, 0.5) is 5.82 Å². The van der Waals surface area contributed by atoms with Crippen molar-refractivity contribution >= 4 is 23.6 Å². The third kappa shape index (κ3) is 6.29. The number of aliphatic carboxylic acids is 1. The first-order valence-corrected chi connectivity index (χ1v) is 11.0. The topological polar surface area (TPSA) is 112 Å². The number of rotatable bonds is 10. The van der Waals surface area contributed by atoms with Crippen LogP contribution in [0.1, 0.15) is 48.4 Å². The molecule has 0 aliphatic carbocycles. The van der Waals surface area contributed by atoms with Gasteiger partial charge in [0.25, 0.3) is 0 Å². The molecule has 0 bridgehead atoms. The summed E-state index contributed by atoms with van der Waals surface area (Å²) in [5, 5.41) is 15.3. The molecule has 0 spiro atoms. The van der Waals surface area contributed by atoms with Crippen molar-refractivity contribution in [3.05, 3.63) is 59.3 Å². The van der Waals surface area contributed by atoms with Crippen LogP contribution in [-0.2, 0) is 20.8 Å². The van der Waals surface area contributed by atoms with Gasteiger partial charge in [0.1, 0.15) is 5.82 Å². The smallest absolute Gasteiger partial charge is 0.305 e. The summed E-state index contributed by atoms with van der Waals surface area (Å²) in [6.45, 7) is 3.03. The lowest BCUT2D eigenvalue weighted by atomic mass is 9.90. The Labute approximate surface area is 188 Å². The number of hydrogen-bond acceptors (Lipinski definition) is 5. The van der Waals surface area contributed by atoms with Crippen molar-refractivity contribution in [3.63, 3.8) is 0 Å². The zero-order chi connectivity index (χ0) is 22.9. The first-order valence-electron chi connectivity index (χ1n) is 11.0. The van der Waals surface area contributed by atoms with E-state index in [1.165, 1.54) is 0 Å². The Balaban J connectivity index is 1.42. The number of nitrogens with zero attached hydrogens (tertiary/aromatic N) is 2. The molecular formula is C24H30N4O4. The van der Waals surface area contributed by atoms with Gasteiger partial charge < -0.3 is 20.6 Å². The number of benzene rings is 1. The maximum atomic E-state index is 12.8. The highest BCUT2D eigenvalue weighted by Crippen LogP contribution is 2.32. The monoisotopic (exact) mass is 438 g/mol. The molecular weight excluding hydrogens is 408 g/mol. The van der Waals surface area contributed by atoms with Crippen LogP contribution in [0.25, 0.3) is 0 Å². The summed E-state index contributed by atoms with van der Waals surface area (Å²) in [7, 11) is 0. The Morgan fingerprint density at radius 3 is 2.75 bits per heavy atom. The fourth-order valence-corrected chi connectivity index (χ4v) is 3.99. The summed E-state index contributed by atoms with van der Waals surface area (Å²) in [6.07, 6.45) is 4.09. The number of hydrogen-bond donors (Lipinski definition) is 3. The molecule has 2 amide bonds. The number of pyridine rings is 1. The highest BCUT2D eigenvalue weighted by molar-refractivity contribution is 5.85. The van der Waals surface area contributed by atoms with Gasteiger partial charge in [-0.2, -0.15) is 0 Å². The SMILES string of the molecule is Cc1cccnc1NCCCCC(=O)NCC(=O)N1CCc2ccccc2C1CC(=O)O. The van der Waals surface area contributed by atoms with Gasteiger partial charge in [-0.05, 0) is 48.9 Å². The number of carbonyl (C=O) groups is 3. The van der Waals surface area contributed by atoms with Crippen LogP contribution >= 0.6 is 0 Å². The van der Waals surface area contributed by atoms with Gasteiger partial charge >= 0.3 is 5.97 Å². The number of carboxylic acids is 1. The number of fused-ring (bicyclic) bond motifs is 1. The number of unbranched alkanes of at least 4 members (excludes halogenated alkanes) is 1. The Kier molecular flexibility index (Phi) is 8.19. The molecule has 1 aliphatic rings. The highest BCUT2D eigenvalue weighted by Gasteiger charge is 2.32. The van der Waals surface area contributed by atoms with Gasteiger partial charge in [-0.3, -0.25) is 14.4 Å². The lowest BCUT2D eigenvalue weighted by Crippen LogP contribution is -2.45. The van der Waals surface area contributed by atoms with Gasteiger partial charge in [-0.1, -0.05) is 30.3 Å². The zero-order valence-electron chi connectivity index (χ0n) is 18.3. The first kappa shape index (κ1) is 23.2. The highest BCUT2D eigenvalue weighted by atomic mass is 16.4. The fraction of sp³-hybridized carbons (Fsp3) is 0.417. The Bertz CT molecular complexity index is 963. The number of aromatic nitrogens is 1. The summed E-state index contributed by atoms with van der Waals surface area (Å²) in [4.78, 5) is 42.2. The Morgan fingerprint density at radius 1 is 1.16 bits per heavy atom.